The Morgan fingerprint density at radius 2 is 0.821 bits per heavy atom. The van der Waals surface area contributed by atoms with Crippen molar-refractivity contribution in [1.29, 1.82) is 0 Å². The number of para-hydroxylation sites is 5. The van der Waals surface area contributed by atoms with Crippen molar-refractivity contribution in [3.8, 4) is 84.6 Å². The number of fused-ring (bicyclic) bond motifs is 9. The van der Waals surface area contributed by atoms with Crippen molar-refractivity contribution >= 4 is 93.2 Å². The molecule has 0 saturated carbocycles. The number of benzene rings is 17. The van der Waals surface area contributed by atoms with Crippen LogP contribution in [0, 0.1) is 0 Å². The number of imidazole rings is 1. The van der Waals surface area contributed by atoms with E-state index in [4.69, 9.17) is 24.9 Å². The molecule has 0 saturated heterocycles. The van der Waals surface area contributed by atoms with Gasteiger partial charge in [-0.25, -0.2) is 19.9 Å². The van der Waals surface area contributed by atoms with Gasteiger partial charge in [0.25, 0.3) is 0 Å². The maximum atomic E-state index is 5.85. The fourth-order valence-corrected chi connectivity index (χ4v) is 17.0. The molecule has 0 spiro atoms. The highest BCUT2D eigenvalue weighted by Crippen LogP contribution is 2.52. The predicted molar refractivity (Wildman–Crippen MR) is 465 cm³/mol. The van der Waals surface area contributed by atoms with Gasteiger partial charge in [0.15, 0.2) is 17.5 Å². The highest BCUT2D eigenvalue weighted by molar-refractivity contribution is 6.16. The Morgan fingerprint density at radius 1 is 0.312 bits per heavy atom. The van der Waals surface area contributed by atoms with E-state index < -0.39 is 0 Å². The topological polar surface area (TPSA) is 84.1 Å². The van der Waals surface area contributed by atoms with E-state index in [1.54, 1.807) is 0 Å². The number of hydrogen-bond donors (Lipinski definition) is 1. The molecule has 528 valence electrons. The van der Waals surface area contributed by atoms with E-state index in [1.165, 1.54) is 65.2 Å². The summed E-state index contributed by atoms with van der Waals surface area (Å²) in [5.74, 6) is 2.79. The van der Waals surface area contributed by atoms with E-state index in [0.29, 0.717) is 17.5 Å². The van der Waals surface area contributed by atoms with Crippen LogP contribution in [0.4, 0.5) is 17.1 Å². The van der Waals surface area contributed by atoms with E-state index >= 15 is 0 Å². The summed E-state index contributed by atoms with van der Waals surface area (Å²) in [7, 11) is 0. The number of aromatic nitrogens is 5. The lowest BCUT2D eigenvalue weighted by atomic mass is 9.89. The summed E-state index contributed by atoms with van der Waals surface area (Å²) in [6.07, 6.45) is 4.96. The zero-order valence-electron chi connectivity index (χ0n) is 61.3. The minimum absolute atomic E-state index is 0.0617. The molecule has 17 aromatic carbocycles. The Balaban J connectivity index is 0.592. The molecule has 0 fully saturated rings. The molecule has 8 nitrogen and oxygen atoms in total. The molecule has 0 aliphatic carbocycles. The van der Waals surface area contributed by atoms with E-state index in [0.717, 1.165) is 137 Å². The third-order valence-electron chi connectivity index (χ3n) is 22.6. The predicted octanol–water partition coefficient (Wildman–Crippen LogP) is 26.7. The van der Waals surface area contributed by atoms with E-state index in [1.807, 2.05) is 18.2 Å². The van der Waals surface area contributed by atoms with Gasteiger partial charge in [-0.1, -0.05) is 297 Å². The lowest BCUT2D eigenvalue weighted by Gasteiger charge is -2.29. The Morgan fingerprint density at radius 3 is 1.55 bits per heavy atom. The minimum atomic E-state index is -0.199. The zero-order valence-corrected chi connectivity index (χ0v) is 61.3. The number of nitrogens with one attached hydrogen (secondary N) is 1. The Kier molecular flexibility index (Phi) is 16.4. The number of aliphatic imine (C=N–C) groups is 1. The van der Waals surface area contributed by atoms with Gasteiger partial charge in [-0.15, -0.1) is 0 Å². The monoisotopic (exact) mass is 1430 g/mol. The first kappa shape index (κ1) is 65.8. The van der Waals surface area contributed by atoms with Crippen LogP contribution in [0.25, 0.3) is 155 Å². The largest absolute Gasteiger partial charge is 0.359 e. The van der Waals surface area contributed by atoms with Crippen molar-refractivity contribution in [2.24, 2.45) is 4.99 Å². The SMILES string of the molecule is C1=C(/c2ccc3ccc(-c4cccc5c4N(c4ccccc4)C(c4ccc(-c6cccc(-c7nc(-c8ccccc8)nc(-c8ccc9c(ccc%10ccccc%109)c8)n7)c6)cc4)N5)cc3c2)CCCC(c2cccc(-c3ccc(-c4nc5ccccc5n4-c4ccccc4)cc3)c2)\N=C/1c1ccc2c(ccc3ccccc32)c1. The summed E-state index contributed by atoms with van der Waals surface area (Å²) in [6.45, 7) is 0. The first-order valence-electron chi connectivity index (χ1n) is 38.6. The number of hydrogen-bond acceptors (Lipinski definition) is 7. The molecular formula is C104H72N8. The minimum Gasteiger partial charge on any atom is -0.359 e. The smallest absolute Gasteiger partial charge is 0.164 e. The van der Waals surface area contributed by atoms with Crippen molar-refractivity contribution in [2.75, 3.05) is 10.2 Å². The summed E-state index contributed by atoms with van der Waals surface area (Å²) in [5, 5.41) is 16.1. The second-order valence-corrected chi connectivity index (χ2v) is 29.4. The van der Waals surface area contributed by atoms with Gasteiger partial charge in [-0.3, -0.25) is 9.56 Å². The van der Waals surface area contributed by atoms with Gasteiger partial charge in [0.05, 0.1) is 34.2 Å². The highest BCUT2D eigenvalue weighted by atomic mass is 15.3. The van der Waals surface area contributed by atoms with Crippen LogP contribution in [-0.2, 0) is 0 Å². The van der Waals surface area contributed by atoms with Gasteiger partial charge in [0, 0.05) is 44.8 Å². The Bertz CT molecular complexity index is 6950. The first-order valence-corrected chi connectivity index (χ1v) is 38.6. The van der Waals surface area contributed by atoms with E-state index in [-0.39, 0.29) is 12.2 Å². The van der Waals surface area contributed by atoms with Crippen LogP contribution >= 0.6 is 0 Å². The second-order valence-electron chi connectivity index (χ2n) is 29.4. The molecule has 19 aromatic rings. The fraction of sp³-hybridized carbons (Fsp3) is 0.0481. The lowest BCUT2D eigenvalue weighted by Crippen LogP contribution is -2.23. The van der Waals surface area contributed by atoms with Gasteiger partial charge in [0.2, 0.25) is 0 Å². The molecule has 0 amide bonds. The molecule has 2 aliphatic rings. The van der Waals surface area contributed by atoms with Crippen LogP contribution in [0.5, 0.6) is 0 Å². The van der Waals surface area contributed by atoms with Gasteiger partial charge >= 0.3 is 0 Å². The second kappa shape index (κ2) is 28.0. The molecule has 8 heteroatoms. The number of rotatable bonds is 13. The summed E-state index contributed by atoms with van der Waals surface area (Å²) in [6, 6.07) is 136. The van der Waals surface area contributed by atoms with Crippen LogP contribution in [0.1, 0.15) is 53.7 Å². The van der Waals surface area contributed by atoms with Crippen LogP contribution in [-0.4, -0.2) is 30.2 Å². The van der Waals surface area contributed by atoms with Crippen molar-refractivity contribution in [3.05, 3.63) is 404 Å². The third-order valence-corrected chi connectivity index (χ3v) is 22.6. The van der Waals surface area contributed by atoms with Crippen molar-refractivity contribution < 1.29 is 0 Å². The molecule has 4 heterocycles. The summed E-state index contributed by atoms with van der Waals surface area (Å²) < 4.78 is 2.26. The maximum absolute atomic E-state index is 5.85. The number of anilines is 3. The standard InChI is InChI=1S/C104H72N8/c1-4-22-72(23-5-1)100-108-101(110-102(109-100)85-57-59-92-80(64-85)55-47-71-21-11-13-34-90(71)92)84-28-17-25-76(61-84)68-42-50-74(51-43-68)104-107-96-38-19-35-93(99(96)112(104)88-31-8-3-9-32-88)81-53-45-69-44-52-78(62-86(69)65-81)77-26-18-37-94(105-97(66-77)83-56-58-91-79(63-83)54-46-70-20-10-12-33-89(70)91)82-27-16-24-75(60-82)67-40-48-73(49-41-67)103-106-95-36-14-15-39-98(95)111(103)87-29-6-2-7-30-87/h1-17,19-25,27-36,38-66,94,104,107H,18,26,37H2/b77-66+,105-97+. The fourth-order valence-electron chi connectivity index (χ4n) is 17.0. The molecule has 2 unspecified atom stereocenters. The molecule has 2 atom stereocenters. The molecule has 112 heavy (non-hydrogen) atoms. The molecule has 21 rings (SSSR count). The third kappa shape index (κ3) is 12.2. The molecule has 0 radical (unpaired) electrons. The van der Waals surface area contributed by atoms with Crippen LogP contribution in [0.15, 0.2) is 387 Å². The maximum Gasteiger partial charge on any atom is 0.164 e. The number of nitrogens with zero attached hydrogens (tertiary/aromatic N) is 7. The highest BCUT2D eigenvalue weighted by Gasteiger charge is 2.34. The average molecular weight is 1430 g/mol. The average Bonchev–Trinajstić information content (AvgIpc) is 1.60. The van der Waals surface area contributed by atoms with Gasteiger partial charge < -0.3 is 10.2 Å². The van der Waals surface area contributed by atoms with Gasteiger partial charge in [-0.2, -0.15) is 0 Å². The Hall–Kier alpha value is -14.5. The van der Waals surface area contributed by atoms with Gasteiger partial charge in [-0.05, 0) is 208 Å². The van der Waals surface area contributed by atoms with Crippen molar-refractivity contribution in [3.63, 3.8) is 0 Å². The van der Waals surface area contributed by atoms with E-state index in [9.17, 15) is 0 Å². The summed E-state index contributed by atoms with van der Waals surface area (Å²) in [4.78, 5) is 29.0. The van der Waals surface area contributed by atoms with Crippen molar-refractivity contribution in [1.82, 2.24) is 24.5 Å². The molecule has 0 bridgehead atoms. The summed E-state index contributed by atoms with van der Waals surface area (Å²) >= 11 is 0. The van der Waals surface area contributed by atoms with Crippen LogP contribution in [0.3, 0.4) is 0 Å². The first-order chi connectivity index (χ1) is 55.4. The van der Waals surface area contributed by atoms with Crippen molar-refractivity contribution in [2.45, 2.75) is 31.5 Å². The zero-order chi connectivity index (χ0) is 74.0. The van der Waals surface area contributed by atoms with Crippen LogP contribution in [0.2, 0.25) is 0 Å². The van der Waals surface area contributed by atoms with Gasteiger partial charge in [0.1, 0.15) is 12.0 Å². The van der Waals surface area contributed by atoms with Crippen LogP contribution < -0.4 is 10.2 Å². The number of allylic oxidation sites excluding steroid dienone is 2. The Labute approximate surface area is 649 Å². The molecule has 2 aliphatic heterocycles. The lowest BCUT2D eigenvalue weighted by molar-refractivity contribution is 0.621. The molecule has 1 N–H and O–H groups in total. The summed E-state index contributed by atoms with van der Waals surface area (Å²) in [5.41, 5.74) is 24.0. The molecule has 2 aromatic heterocycles. The molecular weight excluding hydrogens is 1360 g/mol. The quantitative estimate of drug-likeness (QED) is 0.116. The van der Waals surface area contributed by atoms with E-state index in [2.05, 4.69) is 379 Å². The normalized spacial score (nSPS) is 15.2.